The largest absolute Gasteiger partial charge is 0.496 e. The van der Waals surface area contributed by atoms with Crippen LogP contribution < -0.4 is 4.74 Å². The van der Waals surface area contributed by atoms with E-state index in [-0.39, 0.29) is 5.02 Å². The molecule has 0 spiro atoms. The van der Waals surface area contributed by atoms with Gasteiger partial charge in [0.25, 0.3) is 0 Å². The van der Waals surface area contributed by atoms with Gasteiger partial charge in [-0.15, -0.1) is 0 Å². The summed E-state index contributed by atoms with van der Waals surface area (Å²) < 4.78 is 18.6. The summed E-state index contributed by atoms with van der Waals surface area (Å²) in [5, 5.41) is 40.3. The van der Waals surface area contributed by atoms with E-state index >= 15 is 0 Å². The molecule has 4 unspecified atom stereocenters. The third-order valence-corrected chi connectivity index (χ3v) is 7.49. The van der Waals surface area contributed by atoms with Gasteiger partial charge in [-0.3, -0.25) is 5.41 Å². The molecule has 1 N–H and O–H groups in total. The maximum atomic E-state index is 10.4. The van der Waals surface area contributed by atoms with Crippen molar-refractivity contribution < 1.29 is 14.2 Å². The van der Waals surface area contributed by atoms with Gasteiger partial charge in [0.1, 0.15) is 11.9 Å². The minimum atomic E-state index is -2.13. The maximum Gasteiger partial charge on any atom is 0.245 e. The first kappa shape index (κ1) is 23.4. The topological polar surface area (TPSA) is 123 Å². The number of nitriles is 3. The summed E-state index contributed by atoms with van der Waals surface area (Å²) in [5.41, 5.74) is -3.43. The Morgan fingerprint density at radius 2 is 1.79 bits per heavy atom. The van der Waals surface area contributed by atoms with Crippen LogP contribution in [-0.4, -0.2) is 13.0 Å². The fraction of sp³-hybridized carbons (Fsp3) is 0.304. The zero-order valence-corrected chi connectivity index (χ0v) is 20.4. The van der Waals surface area contributed by atoms with Crippen molar-refractivity contribution in [2.24, 2.45) is 16.7 Å². The monoisotopic (exact) mass is 544 g/mol. The molecule has 0 radical (unpaired) electrons. The lowest BCUT2D eigenvalue weighted by atomic mass is 9.53. The van der Waals surface area contributed by atoms with E-state index in [0.29, 0.717) is 26.4 Å². The Morgan fingerprint density at radius 1 is 1.09 bits per heavy atom. The molecule has 2 fully saturated rings. The maximum absolute atomic E-state index is 10.4. The highest BCUT2D eigenvalue weighted by atomic mass is 79.9. The molecule has 2 bridgehead atoms. The summed E-state index contributed by atoms with van der Waals surface area (Å²) in [6.07, 6.45) is -1.33. The van der Waals surface area contributed by atoms with Gasteiger partial charge in [0.2, 0.25) is 17.1 Å². The van der Waals surface area contributed by atoms with Crippen molar-refractivity contribution in [2.45, 2.75) is 18.8 Å². The normalized spacial score (nSPS) is 29.3. The van der Waals surface area contributed by atoms with E-state index in [9.17, 15) is 15.8 Å². The summed E-state index contributed by atoms with van der Waals surface area (Å²) in [5.74, 6) is -2.88. The Morgan fingerprint density at radius 3 is 2.36 bits per heavy atom. The van der Waals surface area contributed by atoms with Gasteiger partial charge in [-0.2, -0.15) is 15.8 Å². The Bertz CT molecular complexity index is 1300. The number of methoxy groups -OCH3 is 1. The van der Waals surface area contributed by atoms with Crippen molar-refractivity contribution in [1.29, 1.82) is 21.2 Å². The molecule has 0 aliphatic carbocycles. The van der Waals surface area contributed by atoms with Crippen LogP contribution in [-0.2, 0) is 15.3 Å². The van der Waals surface area contributed by atoms with E-state index in [1.807, 2.05) is 12.1 Å². The number of hydrogen-bond acceptors (Lipinski definition) is 7. The van der Waals surface area contributed by atoms with Crippen LogP contribution in [0.5, 0.6) is 5.75 Å². The van der Waals surface area contributed by atoms with E-state index in [1.165, 1.54) is 13.2 Å². The fourth-order valence-corrected chi connectivity index (χ4v) is 5.72. The molecule has 7 nitrogen and oxygen atoms in total. The number of ether oxygens (including phenoxy) is 3. The third kappa shape index (κ3) is 2.84. The van der Waals surface area contributed by atoms with Crippen molar-refractivity contribution in [2.75, 3.05) is 7.11 Å². The van der Waals surface area contributed by atoms with Gasteiger partial charge >= 0.3 is 0 Å². The average Bonchev–Trinajstić information content (AvgIpc) is 2.95. The lowest BCUT2D eigenvalue weighted by molar-refractivity contribution is -0.288. The van der Waals surface area contributed by atoms with Gasteiger partial charge < -0.3 is 14.2 Å². The number of fused-ring (bicyclic) bond motifs is 2. The summed E-state index contributed by atoms with van der Waals surface area (Å²) in [4.78, 5) is 0. The molecule has 2 heterocycles. The quantitative estimate of drug-likeness (QED) is 0.514. The van der Waals surface area contributed by atoms with E-state index in [4.69, 9.17) is 42.8 Å². The minimum absolute atomic E-state index is 0.192. The molecule has 2 aromatic rings. The molecule has 0 aromatic heterocycles. The predicted octanol–water partition coefficient (Wildman–Crippen LogP) is 5.88. The number of benzene rings is 2. The second-order valence-electron chi connectivity index (χ2n) is 7.78. The Labute approximate surface area is 208 Å². The third-order valence-electron chi connectivity index (χ3n) is 6.45. The predicted molar refractivity (Wildman–Crippen MR) is 122 cm³/mol. The Hall–Kier alpha value is -2.80. The van der Waals surface area contributed by atoms with Gasteiger partial charge in [0, 0.05) is 20.6 Å². The first-order valence-electron chi connectivity index (χ1n) is 9.66. The lowest BCUT2D eigenvalue weighted by Crippen LogP contribution is -2.57. The number of nitrogens with zero attached hydrogens (tertiary/aromatic N) is 3. The molecule has 33 heavy (non-hydrogen) atoms. The van der Waals surface area contributed by atoms with E-state index < -0.39 is 34.5 Å². The van der Waals surface area contributed by atoms with Crippen LogP contribution in [0.4, 0.5) is 0 Å². The molecule has 0 saturated carbocycles. The molecule has 2 aromatic carbocycles. The van der Waals surface area contributed by atoms with E-state index in [0.717, 1.165) is 0 Å². The summed E-state index contributed by atoms with van der Waals surface area (Å²) in [7, 11) is 1.44. The van der Waals surface area contributed by atoms with Crippen LogP contribution in [0, 0.1) is 56.2 Å². The summed E-state index contributed by atoms with van der Waals surface area (Å²) in [6, 6.07) is 15.8. The first-order valence-corrected chi connectivity index (χ1v) is 11.2. The van der Waals surface area contributed by atoms with Crippen molar-refractivity contribution in [3.8, 4) is 24.0 Å². The van der Waals surface area contributed by atoms with Crippen molar-refractivity contribution in [3.63, 3.8) is 0 Å². The Kier molecular flexibility index (Phi) is 5.60. The van der Waals surface area contributed by atoms with Crippen LogP contribution in [0.1, 0.15) is 24.2 Å². The molecule has 166 valence electrons. The number of nitrogens with one attached hydrogen (secondary N) is 1. The molecule has 4 rings (SSSR count). The van der Waals surface area contributed by atoms with Crippen LogP contribution in [0.3, 0.4) is 0 Å². The first-order chi connectivity index (χ1) is 15.7. The summed E-state index contributed by atoms with van der Waals surface area (Å²) in [6.45, 7) is 1.60. The summed E-state index contributed by atoms with van der Waals surface area (Å²) >= 11 is 16.0. The van der Waals surface area contributed by atoms with Gasteiger partial charge in [-0.1, -0.05) is 46.1 Å². The van der Waals surface area contributed by atoms with Gasteiger partial charge in [0.15, 0.2) is 5.41 Å². The average molecular weight is 546 g/mol. The molecule has 4 atom stereocenters. The van der Waals surface area contributed by atoms with Crippen LogP contribution in [0.15, 0.2) is 40.9 Å². The number of halogens is 3. The van der Waals surface area contributed by atoms with Gasteiger partial charge in [-0.05, 0) is 36.4 Å². The highest BCUT2D eigenvalue weighted by molar-refractivity contribution is 9.10. The second kappa shape index (κ2) is 7.90. The van der Waals surface area contributed by atoms with Gasteiger partial charge in [-0.25, -0.2) is 0 Å². The molecular weight excluding hydrogens is 531 g/mol. The zero-order valence-electron chi connectivity index (χ0n) is 17.3. The zero-order chi connectivity index (χ0) is 24.2. The van der Waals surface area contributed by atoms with E-state index in [2.05, 4.69) is 22.0 Å². The minimum Gasteiger partial charge on any atom is -0.496 e. The molecule has 0 amide bonds. The van der Waals surface area contributed by atoms with Gasteiger partial charge in [0.05, 0.1) is 36.3 Å². The van der Waals surface area contributed by atoms with Crippen LogP contribution in [0.25, 0.3) is 0 Å². The number of hydrogen-bond donors (Lipinski definition) is 1. The standard InChI is InChI=1S/C23H15BrCl2N4O3/c1-12-22(11-29)20(30)33-23(12,16-5-4-14(25)8-17(16)26)32-19(21(22,9-27)10-28)15-7-13(24)3-6-18(15)31-2/h3-8,12,19,30H,1-2H3. The van der Waals surface area contributed by atoms with E-state index in [1.54, 1.807) is 37.3 Å². The lowest BCUT2D eigenvalue weighted by Gasteiger charge is -2.49. The van der Waals surface area contributed by atoms with Crippen molar-refractivity contribution >= 4 is 45.0 Å². The van der Waals surface area contributed by atoms with Crippen LogP contribution in [0.2, 0.25) is 10.0 Å². The SMILES string of the molecule is COc1ccc(Br)cc1C1OC2(c3ccc(Cl)cc3Cl)OC(=N)C(C#N)(C2C)C1(C#N)C#N. The van der Waals surface area contributed by atoms with Crippen molar-refractivity contribution in [3.05, 3.63) is 62.0 Å². The number of rotatable bonds is 3. The van der Waals surface area contributed by atoms with Crippen LogP contribution >= 0.6 is 39.1 Å². The molecule has 10 heteroatoms. The second-order valence-corrected chi connectivity index (χ2v) is 9.54. The highest BCUT2D eigenvalue weighted by Gasteiger charge is 2.80. The molecule has 2 saturated heterocycles. The fourth-order valence-electron chi connectivity index (χ4n) is 4.80. The van der Waals surface area contributed by atoms with Crippen molar-refractivity contribution in [1.82, 2.24) is 0 Å². The molecule has 2 aliphatic heterocycles. The molecule has 2 aliphatic rings. The molecular formula is C23H15BrCl2N4O3. The smallest absolute Gasteiger partial charge is 0.245 e. The Balaban J connectivity index is 2.10. The highest BCUT2D eigenvalue weighted by Crippen LogP contribution is 2.70.